The van der Waals surface area contributed by atoms with Crippen LogP contribution < -0.4 is 10.6 Å². The van der Waals surface area contributed by atoms with Gasteiger partial charge in [0.05, 0.1) is 12.1 Å². The summed E-state index contributed by atoms with van der Waals surface area (Å²) in [4.78, 5) is 4.78. The van der Waals surface area contributed by atoms with Crippen molar-refractivity contribution in [3.8, 4) is 0 Å². The number of guanidine groups is 1. The molecule has 1 atom stereocenters. The van der Waals surface area contributed by atoms with Crippen molar-refractivity contribution in [2.75, 3.05) is 33.4 Å². The molecule has 5 nitrogen and oxygen atoms in total. The molecule has 24 heavy (non-hydrogen) atoms. The van der Waals surface area contributed by atoms with E-state index in [1.54, 1.807) is 7.11 Å². The molecule has 0 aliphatic carbocycles. The summed E-state index contributed by atoms with van der Waals surface area (Å²) in [5.74, 6) is 1.67. The lowest BCUT2D eigenvalue weighted by Gasteiger charge is -2.34. The van der Waals surface area contributed by atoms with Crippen LogP contribution in [0.2, 0.25) is 0 Å². The second-order valence-electron chi connectivity index (χ2n) is 7.06. The molecule has 6 heteroatoms. The lowest BCUT2D eigenvalue weighted by Crippen LogP contribution is -2.45. The van der Waals surface area contributed by atoms with Crippen molar-refractivity contribution in [2.24, 2.45) is 10.9 Å². The van der Waals surface area contributed by atoms with E-state index < -0.39 is 0 Å². The van der Waals surface area contributed by atoms with E-state index in [1.165, 1.54) is 19.3 Å². The summed E-state index contributed by atoms with van der Waals surface area (Å²) in [6, 6.07) is 0.430. The minimum Gasteiger partial charge on any atom is -0.381 e. The van der Waals surface area contributed by atoms with E-state index in [9.17, 15) is 0 Å². The first-order valence-electron chi connectivity index (χ1n) is 9.19. The molecule has 1 unspecified atom stereocenters. The van der Waals surface area contributed by atoms with Gasteiger partial charge in [0.2, 0.25) is 0 Å². The highest BCUT2D eigenvalue weighted by Crippen LogP contribution is 2.24. The number of aliphatic imine (C=N–C) groups is 1. The molecule has 144 valence electrons. The number of nitrogens with one attached hydrogen (secondary N) is 2. The van der Waals surface area contributed by atoms with E-state index >= 15 is 0 Å². The van der Waals surface area contributed by atoms with Gasteiger partial charge in [-0.3, -0.25) is 4.99 Å². The van der Waals surface area contributed by atoms with Gasteiger partial charge in [-0.15, -0.1) is 24.0 Å². The molecule has 1 saturated heterocycles. The van der Waals surface area contributed by atoms with Gasteiger partial charge in [0, 0.05) is 45.8 Å². The third kappa shape index (κ3) is 9.42. The van der Waals surface area contributed by atoms with Gasteiger partial charge >= 0.3 is 0 Å². The standard InChI is InChI=1S/C18H37N3O2.HI/c1-6-19-17(21-16(4)9-7-8-15(2)3)20-14-18(22-5)10-12-23-13-11-18;/h15-16H,6-14H2,1-5H3,(H2,19,20,21);1H. The maximum atomic E-state index is 5.76. The van der Waals surface area contributed by atoms with E-state index in [-0.39, 0.29) is 29.6 Å². The molecule has 0 saturated carbocycles. The van der Waals surface area contributed by atoms with Crippen molar-refractivity contribution in [1.29, 1.82) is 0 Å². The predicted molar refractivity (Wildman–Crippen MR) is 112 cm³/mol. The monoisotopic (exact) mass is 455 g/mol. The van der Waals surface area contributed by atoms with Crippen LogP contribution in [0, 0.1) is 5.92 Å². The fourth-order valence-corrected chi connectivity index (χ4v) is 2.85. The second-order valence-corrected chi connectivity index (χ2v) is 7.06. The topological polar surface area (TPSA) is 54.9 Å². The number of hydrogen-bond donors (Lipinski definition) is 2. The zero-order chi connectivity index (χ0) is 17.1. The van der Waals surface area contributed by atoms with Crippen LogP contribution in [0.4, 0.5) is 0 Å². The fourth-order valence-electron chi connectivity index (χ4n) is 2.85. The number of rotatable bonds is 9. The highest BCUT2D eigenvalue weighted by Gasteiger charge is 2.32. The Morgan fingerprint density at radius 2 is 1.88 bits per heavy atom. The van der Waals surface area contributed by atoms with Gasteiger partial charge in [0.1, 0.15) is 0 Å². The first kappa shape index (κ1) is 23.9. The average molecular weight is 455 g/mol. The summed E-state index contributed by atoms with van der Waals surface area (Å²) in [7, 11) is 1.79. The lowest BCUT2D eigenvalue weighted by atomic mass is 9.94. The number of halogens is 1. The van der Waals surface area contributed by atoms with Crippen LogP contribution in [0.25, 0.3) is 0 Å². The summed E-state index contributed by atoms with van der Waals surface area (Å²) >= 11 is 0. The smallest absolute Gasteiger partial charge is 0.191 e. The van der Waals surface area contributed by atoms with Crippen LogP contribution in [0.5, 0.6) is 0 Å². The highest BCUT2D eigenvalue weighted by molar-refractivity contribution is 14.0. The van der Waals surface area contributed by atoms with Crippen molar-refractivity contribution in [3.63, 3.8) is 0 Å². The maximum absolute atomic E-state index is 5.76. The van der Waals surface area contributed by atoms with Gasteiger partial charge in [-0.05, 0) is 26.2 Å². The number of nitrogens with zero attached hydrogens (tertiary/aromatic N) is 1. The Balaban J connectivity index is 0.00000529. The van der Waals surface area contributed by atoms with Crippen molar-refractivity contribution in [3.05, 3.63) is 0 Å². The Hall–Kier alpha value is -0.0800. The van der Waals surface area contributed by atoms with Gasteiger partial charge in [-0.1, -0.05) is 26.7 Å². The lowest BCUT2D eigenvalue weighted by molar-refractivity contribution is -0.0828. The second kappa shape index (κ2) is 13.2. The predicted octanol–water partition coefficient (Wildman–Crippen LogP) is 3.57. The Morgan fingerprint density at radius 1 is 1.21 bits per heavy atom. The fraction of sp³-hybridized carbons (Fsp3) is 0.944. The molecule has 1 heterocycles. The molecule has 0 aromatic heterocycles. The van der Waals surface area contributed by atoms with Crippen LogP contribution in [-0.2, 0) is 9.47 Å². The Morgan fingerprint density at radius 3 is 2.42 bits per heavy atom. The van der Waals surface area contributed by atoms with Crippen LogP contribution in [-0.4, -0.2) is 51.0 Å². The Labute approximate surface area is 165 Å². The number of methoxy groups -OCH3 is 1. The zero-order valence-electron chi connectivity index (χ0n) is 16.2. The maximum Gasteiger partial charge on any atom is 0.191 e. The SMILES string of the molecule is CCNC(=NCC1(OC)CCOCC1)NC(C)CCCC(C)C.I. The molecule has 2 N–H and O–H groups in total. The van der Waals surface area contributed by atoms with Crippen LogP contribution in [0.1, 0.15) is 59.8 Å². The van der Waals surface area contributed by atoms with Gasteiger partial charge in [0.25, 0.3) is 0 Å². The average Bonchev–Trinajstić information content (AvgIpc) is 2.53. The van der Waals surface area contributed by atoms with E-state index in [4.69, 9.17) is 14.5 Å². The third-order valence-corrected chi connectivity index (χ3v) is 4.51. The molecule has 1 fully saturated rings. The van der Waals surface area contributed by atoms with E-state index in [1.807, 2.05) is 0 Å². The molecular weight excluding hydrogens is 417 g/mol. The minimum absolute atomic E-state index is 0. The highest BCUT2D eigenvalue weighted by atomic mass is 127. The Bertz CT molecular complexity index is 345. The largest absolute Gasteiger partial charge is 0.381 e. The van der Waals surface area contributed by atoms with Gasteiger partial charge in [-0.2, -0.15) is 0 Å². The van der Waals surface area contributed by atoms with Crippen LogP contribution in [0.15, 0.2) is 4.99 Å². The van der Waals surface area contributed by atoms with Crippen LogP contribution >= 0.6 is 24.0 Å². The molecule has 0 spiro atoms. The molecule has 1 aliphatic rings. The van der Waals surface area contributed by atoms with Crippen molar-refractivity contribution in [2.45, 2.75) is 71.4 Å². The molecule has 0 aromatic rings. The first-order valence-corrected chi connectivity index (χ1v) is 9.19. The molecular formula is C18H38IN3O2. The molecule has 0 radical (unpaired) electrons. The summed E-state index contributed by atoms with van der Waals surface area (Å²) in [6.45, 7) is 12.0. The molecule has 0 bridgehead atoms. The molecule has 0 aromatic carbocycles. The van der Waals surface area contributed by atoms with E-state index in [0.717, 1.165) is 44.5 Å². The first-order chi connectivity index (χ1) is 11.0. The quantitative estimate of drug-likeness (QED) is 0.317. The van der Waals surface area contributed by atoms with E-state index in [2.05, 4.69) is 38.3 Å². The van der Waals surface area contributed by atoms with Crippen molar-refractivity contribution in [1.82, 2.24) is 10.6 Å². The number of ether oxygens (including phenoxy) is 2. The van der Waals surface area contributed by atoms with E-state index in [0.29, 0.717) is 12.6 Å². The summed E-state index contributed by atoms with van der Waals surface area (Å²) in [6.07, 6.45) is 5.54. The van der Waals surface area contributed by atoms with Crippen molar-refractivity contribution >= 4 is 29.9 Å². The minimum atomic E-state index is -0.165. The van der Waals surface area contributed by atoms with Crippen molar-refractivity contribution < 1.29 is 9.47 Å². The van der Waals surface area contributed by atoms with Gasteiger partial charge in [-0.25, -0.2) is 0 Å². The normalized spacial score (nSPS) is 18.8. The van der Waals surface area contributed by atoms with Crippen LogP contribution in [0.3, 0.4) is 0 Å². The zero-order valence-corrected chi connectivity index (χ0v) is 18.5. The summed E-state index contributed by atoms with van der Waals surface area (Å²) in [5, 5.41) is 6.87. The number of hydrogen-bond acceptors (Lipinski definition) is 3. The summed E-state index contributed by atoms with van der Waals surface area (Å²) in [5.41, 5.74) is -0.165. The molecule has 1 aliphatic heterocycles. The van der Waals surface area contributed by atoms with Gasteiger partial charge in [0.15, 0.2) is 5.96 Å². The molecule has 1 rings (SSSR count). The van der Waals surface area contributed by atoms with Gasteiger partial charge < -0.3 is 20.1 Å². The third-order valence-electron chi connectivity index (χ3n) is 4.51. The summed E-state index contributed by atoms with van der Waals surface area (Å²) < 4.78 is 11.2. The Kier molecular flexibility index (Phi) is 13.1. The molecule has 0 amide bonds.